The third-order valence-corrected chi connectivity index (χ3v) is 8.17. The van der Waals surface area contributed by atoms with E-state index in [0.29, 0.717) is 19.1 Å². The average Bonchev–Trinajstić information content (AvgIpc) is 3.75. The Morgan fingerprint density at radius 2 is 1.29 bits per heavy atom. The molecular formula is C37H58N2O6. The maximum absolute atomic E-state index is 12.3. The number of rotatable bonds is 16. The Balaban J connectivity index is 0.000000257. The topological polar surface area (TPSA) is 78.5 Å². The average molecular weight is 627 g/mol. The summed E-state index contributed by atoms with van der Waals surface area (Å²) in [6.07, 6.45) is 6.25. The fourth-order valence-corrected chi connectivity index (χ4v) is 5.87. The first-order valence-electron chi connectivity index (χ1n) is 16.8. The molecule has 2 aliphatic rings. The van der Waals surface area contributed by atoms with Gasteiger partial charge in [0.1, 0.15) is 5.60 Å². The minimum absolute atomic E-state index is 0.00572. The summed E-state index contributed by atoms with van der Waals surface area (Å²) < 4.78 is 28.1. The van der Waals surface area contributed by atoms with Crippen LogP contribution in [0.25, 0.3) is 0 Å². The molecule has 2 saturated heterocycles. The van der Waals surface area contributed by atoms with E-state index in [0.717, 1.165) is 71.6 Å². The van der Waals surface area contributed by atoms with Gasteiger partial charge in [0.25, 0.3) is 0 Å². The molecule has 4 unspecified atom stereocenters. The van der Waals surface area contributed by atoms with Gasteiger partial charge in [-0.25, -0.2) is 4.79 Å². The van der Waals surface area contributed by atoms with E-state index in [1.165, 1.54) is 17.5 Å². The van der Waals surface area contributed by atoms with Crippen molar-refractivity contribution >= 4 is 6.09 Å². The number of hydrogen-bond acceptors (Lipinski definition) is 7. The van der Waals surface area contributed by atoms with Crippen LogP contribution in [0.4, 0.5) is 4.79 Å². The molecule has 1 N–H and O–H groups in total. The van der Waals surface area contributed by atoms with Crippen molar-refractivity contribution in [2.75, 3.05) is 66.8 Å². The van der Waals surface area contributed by atoms with Gasteiger partial charge in [-0.2, -0.15) is 0 Å². The number of ether oxygens (including phenoxy) is 5. The molecule has 0 saturated carbocycles. The highest BCUT2D eigenvalue weighted by molar-refractivity contribution is 5.68. The Kier molecular flexibility index (Phi) is 16.9. The highest BCUT2D eigenvalue weighted by Crippen LogP contribution is 2.34. The van der Waals surface area contributed by atoms with Crippen molar-refractivity contribution in [3.63, 3.8) is 0 Å². The van der Waals surface area contributed by atoms with Crippen LogP contribution < -0.4 is 5.32 Å². The SMILES string of the molecule is COCCCCOC(c1ccccc1)C1CCN(C(=O)OC(C)(C)C)C1.COCCCCOC(c1ccccc1)C1CCNC1. The predicted octanol–water partition coefficient (Wildman–Crippen LogP) is 7.21. The quantitative estimate of drug-likeness (QED) is 0.197. The fraction of sp³-hybridized carbons (Fsp3) is 0.649. The van der Waals surface area contributed by atoms with Crippen LogP contribution in [0.1, 0.15) is 82.6 Å². The first kappa shape index (κ1) is 37.0. The minimum atomic E-state index is -0.466. The number of nitrogens with one attached hydrogen (secondary N) is 1. The van der Waals surface area contributed by atoms with Crippen molar-refractivity contribution in [1.29, 1.82) is 0 Å². The molecule has 0 aromatic heterocycles. The van der Waals surface area contributed by atoms with E-state index < -0.39 is 5.60 Å². The van der Waals surface area contributed by atoms with Crippen LogP contribution in [0.3, 0.4) is 0 Å². The molecule has 8 nitrogen and oxygen atoms in total. The molecule has 0 aliphatic carbocycles. The van der Waals surface area contributed by atoms with Crippen LogP contribution in [-0.2, 0) is 23.7 Å². The summed E-state index contributed by atoms with van der Waals surface area (Å²) in [6.45, 7) is 12.4. The van der Waals surface area contributed by atoms with E-state index in [4.69, 9.17) is 23.7 Å². The van der Waals surface area contributed by atoms with E-state index in [2.05, 4.69) is 47.8 Å². The fourth-order valence-electron chi connectivity index (χ4n) is 5.87. The lowest BCUT2D eigenvalue weighted by Crippen LogP contribution is -2.35. The van der Waals surface area contributed by atoms with Crippen molar-refractivity contribution in [3.8, 4) is 0 Å². The van der Waals surface area contributed by atoms with Gasteiger partial charge in [-0.3, -0.25) is 0 Å². The second-order valence-corrected chi connectivity index (χ2v) is 13.0. The van der Waals surface area contributed by atoms with Gasteiger partial charge >= 0.3 is 6.09 Å². The van der Waals surface area contributed by atoms with Crippen molar-refractivity contribution in [1.82, 2.24) is 10.2 Å². The Morgan fingerprint density at radius 1 is 0.778 bits per heavy atom. The zero-order valence-corrected chi connectivity index (χ0v) is 28.4. The zero-order chi connectivity index (χ0) is 32.3. The van der Waals surface area contributed by atoms with E-state index in [1.54, 1.807) is 19.1 Å². The first-order valence-corrected chi connectivity index (χ1v) is 16.8. The molecule has 4 atom stereocenters. The molecule has 0 spiro atoms. The molecule has 8 heteroatoms. The largest absolute Gasteiger partial charge is 0.444 e. The predicted molar refractivity (Wildman–Crippen MR) is 179 cm³/mol. The summed E-state index contributed by atoms with van der Waals surface area (Å²) in [4.78, 5) is 14.2. The Morgan fingerprint density at radius 3 is 1.76 bits per heavy atom. The van der Waals surface area contributed by atoms with Crippen molar-refractivity contribution in [3.05, 3.63) is 71.8 Å². The van der Waals surface area contributed by atoms with E-state index in [1.807, 2.05) is 39.0 Å². The van der Waals surface area contributed by atoms with Crippen molar-refractivity contribution < 1.29 is 28.5 Å². The molecule has 2 fully saturated rings. The van der Waals surface area contributed by atoms with Gasteiger partial charge in [-0.05, 0) is 77.0 Å². The van der Waals surface area contributed by atoms with Gasteiger partial charge < -0.3 is 33.9 Å². The van der Waals surface area contributed by atoms with Gasteiger partial charge in [0.2, 0.25) is 0 Å². The first-order chi connectivity index (χ1) is 21.8. The minimum Gasteiger partial charge on any atom is -0.444 e. The molecule has 4 rings (SSSR count). The Labute approximate surface area is 272 Å². The smallest absolute Gasteiger partial charge is 0.410 e. The Hall–Kier alpha value is -2.49. The lowest BCUT2D eigenvalue weighted by atomic mass is 9.95. The summed E-state index contributed by atoms with van der Waals surface area (Å²) in [7, 11) is 3.47. The number of carbonyl (C=O) groups is 1. The normalized spacial score (nSPS) is 19.5. The third kappa shape index (κ3) is 13.8. The number of unbranched alkanes of at least 4 members (excludes halogenated alkanes) is 2. The number of benzene rings is 2. The highest BCUT2D eigenvalue weighted by atomic mass is 16.6. The number of carbonyl (C=O) groups excluding carboxylic acids is 1. The van der Waals surface area contributed by atoms with Crippen LogP contribution in [0.5, 0.6) is 0 Å². The summed E-state index contributed by atoms with van der Waals surface area (Å²) in [5, 5.41) is 3.43. The molecule has 2 aromatic carbocycles. The maximum Gasteiger partial charge on any atom is 0.410 e. The second kappa shape index (κ2) is 20.6. The molecule has 0 bridgehead atoms. The lowest BCUT2D eigenvalue weighted by Gasteiger charge is -2.26. The molecule has 2 aliphatic heterocycles. The number of amides is 1. The number of hydrogen-bond donors (Lipinski definition) is 1. The van der Waals surface area contributed by atoms with Crippen LogP contribution in [0, 0.1) is 11.8 Å². The molecule has 45 heavy (non-hydrogen) atoms. The summed E-state index contributed by atoms with van der Waals surface area (Å²) in [6, 6.07) is 20.9. The summed E-state index contributed by atoms with van der Waals surface area (Å²) >= 11 is 0. The van der Waals surface area contributed by atoms with Gasteiger partial charge in [-0.1, -0.05) is 60.7 Å². The van der Waals surface area contributed by atoms with Gasteiger partial charge in [0.05, 0.1) is 12.2 Å². The number of methoxy groups -OCH3 is 2. The van der Waals surface area contributed by atoms with Crippen molar-refractivity contribution in [2.45, 2.75) is 77.1 Å². The molecular weight excluding hydrogens is 568 g/mol. The molecule has 2 aromatic rings. The summed E-state index contributed by atoms with van der Waals surface area (Å²) in [5.74, 6) is 0.886. The second-order valence-electron chi connectivity index (χ2n) is 13.0. The molecule has 0 radical (unpaired) electrons. The van der Waals surface area contributed by atoms with Gasteiger partial charge in [0, 0.05) is 72.1 Å². The van der Waals surface area contributed by atoms with Gasteiger partial charge in [0.15, 0.2) is 0 Å². The monoisotopic (exact) mass is 626 g/mol. The van der Waals surface area contributed by atoms with E-state index in [-0.39, 0.29) is 24.2 Å². The van der Waals surface area contributed by atoms with Crippen LogP contribution >= 0.6 is 0 Å². The lowest BCUT2D eigenvalue weighted by molar-refractivity contribution is 0.00449. The highest BCUT2D eigenvalue weighted by Gasteiger charge is 2.35. The molecule has 2 heterocycles. The zero-order valence-electron chi connectivity index (χ0n) is 28.4. The molecule has 1 amide bonds. The number of nitrogens with zero attached hydrogens (tertiary/aromatic N) is 1. The summed E-state index contributed by atoms with van der Waals surface area (Å²) in [5.41, 5.74) is 2.02. The van der Waals surface area contributed by atoms with E-state index >= 15 is 0 Å². The number of likely N-dealkylation sites (tertiary alicyclic amines) is 1. The van der Waals surface area contributed by atoms with Crippen LogP contribution in [-0.4, -0.2) is 83.4 Å². The van der Waals surface area contributed by atoms with Gasteiger partial charge in [-0.15, -0.1) is 0 Å². The standard InChI is InChI=1S/C21H33NO4.C16H25NO2/c1-21(2,3)26-20(23)22-13-12-18(16-22)19(17-10-6-5-7-11-17)25-15-9-8-14-24-4;1-18-11-5-6-12-19-16(15-9-10-17-13-15)14-7-3-2-4-8-14/h5-7,10-11,18-19H,8-9,12-16H2,1-4H3;2-4,7-8,15-17H,5-6,9-13H2,1H3. The maximum atomic E-state index is 12.3. The van der Waals surface area contributed by atoms with E-state index in [9.17, 15) is 4.79 Å². The van der Waals surface area contributed by atoms with Crippen LogP contribution in [0.2, 0.25) is 0 Å². The third-order valence-electron chi connectivity index (χ3n) is 8.17. The van der Waals surface area contributed by atoms with Crippen molar-refractivity contribution in [2.24, 2.45) is 11.8 Å². The van der Waals surface area contributed by atoms with Crippen LogP contribution in [0.15, 0.2) is 60.7 Å². The Bertz CT molecular complexity index is 1040. The molecule has 252 valence electrons.